The van der Waals surface area contributed by atoms with E-state index in [1.54, 1.807) is 13.3 Å². The van der Waals surface area contributed by atoms with Crippen molar-refractivity contribution >= 4 is 5.96 Å². The Labute approximate surface area is 127 Å². The van der Waals surface area contributed by atoms with Crippen molar-refractivity contribution in [1.29, 1.82) is 0 Å². The predicted octanol–water partition coefficient (Wildman–Crippen LogP) is 1.57. The molecule has 0 aliphatic heterocycles. The summed E-state index contributed by atoms with van der Waals surface area (Å²) in [6, 6.07) is 4.05. The molecule has 6 nitrogen and oxygen atoms in total. The van der Waals surface area contributed by atoms with Gasteiger partial charge in [0, 0.05) is 32.0 Å². The van der Waals surface area contributed by atoms with Gasteiger partial charge in [0.1, 0.15) is 0 Å². The Balaban J connectivity index is 2.66. The van der Waals surface area contributed by atoms with E-state index in [1.807, 2.05) is 26.0 Å². The second-order valence-corrected chi connectivity index (χ2v) is 4.63. The van der Waals surface area contributed by atoms with E-state index >= 15 is 0 Å². The molecule has 0 saturated carbocycles. The van der Waals surface area contributed by atoms with Crippen LogP contribution in [0.25, 0.3) is 0 Å². The molecular weight excluding hydrogens is 268 g/mol. The molecule has 0 radical (unpaired) electrons. The minimum absolute atomic E-state index is 0.198. The van der Waals surface area contributed by atoms with Crippen LogP contribution in [0.2, 0.25) is 0 Å². The molecule has 21 heavy (non-hydrogen) atoms. The summed E-state index contributed by atoms with van der Waals surface area (Å²) in [7, 11) is 1.69. The number of hydrogen-bond donors (Lipinski definition) is 2. The fourth-order valence-electron chi connectivity index (χ4n) is 1.79. The Kier molecular flexibility index (Phi) is 8.19. The van der Waals surface area contributed by atoms with Gasteiger partial charge in [-0.1, -0.05) is 0 Å². The lowest BCUT2D eigenvalue weighted by atomic mass is 10.3. The lowest BCUT2D eigenvalue weighted by Gasteiger charge is -2.17. The molecule has 1 heterocycles. The molecule has 0 aliphatic rings. The van der Waals surface area contributed by atoms with Crippen LogP contribution in [0.5, 0.6) is 5.88 Å². The average molecular weight is 294 g/mol. The molecule has 118 valence electrons. The van der Waals surface area contributed by atoms with Gasteiger partial charge >= 0.3 is 0 Å². The van der Waals surface area contributed by atoms with Crippen molar-refractivity contribution in [2.45, 2.75) is 33.4 Å². The summed E-state index contributed by atoms with van der Waals surface area (Å²) in [5.41, 5.74) is 1.06. The fraction of sp³-hybridized carbons (Fsp3) is 0.600. The standard InChI is InChI=1S/C15H26N4O2/c1-5-16-15(19-12(3)11-20-4)18-10-13-7-8-17-14(9-13)21-6-2/h7-9,12H,5-6,10-11H2,1-4H3,(H2,16,18,19). The number of pyridine rings is 1. The van der Waals surface area contributed by atoms with Crippen molar-refractivity contribution in [3.05, 3.63) is 23.9 Å². The largest absolute Gasteiger partial charge is 0.478 e. The maximum absolute atomic E-state index is 5.39. The van der Waals surface area contributed by atoms with Crippen molar-refractivity contribution in [1.82, 2.24) is 15.6 Å². The van der Waals surface area contributed by atoms with Crippen molar-refractivity contribution in [2.75, 3.05) is 26.9 Å². The molecule has 0 spiro atoms. The van der Waals surface area contributed by atoms with Crippen LogP contribution in [0.1, 0.15) is 26.3 Å². The van der Waals surface area contributed by atoms with E-state index in [1.165, 1.54) is 0 Å². The monoisotopic (exact) mass is 294 g/mol. The van der Waals surface area contributed by atoms with Gasteiger partial charge in [0.05, 0.1) is 19.8 Å². The van der Waals surface area contributed by atoms with Crippen molar-refractivity contribution in [3.63, 3.8) is 0 Å². The Hall–Kier alpha value is -1.82. The van der Waals surface area contributed by atoms with Crippen molar-refractivity contribution < 1.29 is 9.47 Å². The summed E-state index contributed by atoms with van der Waals surface area (Å²) in [5.74, 6) is 1.41. The molecule has 1 aromatic heterocycles. The van der Waals surface area contributed by atoms with E-state index in [-0.39, 0.29) is 6.04 Å². The SMILES string of the molecule is CCNC(=NCc1ccnc(OCC)c1)NC(C)COC. The van der Waals surface area contributed by atoms with Gasteiger partial charge in [-0.25, -0.2) is 9.98 Å². The minimum Gasteiger partial charge on any atom is -0.478 e. The van der Waals surface area contributed by atoms with Crippen molar-refractivity contribution in [2.24, 2.45) is 4.99 Å². The van der Waals surface area contributed by atoms with Crippen LogP contribution < -0.4 is 15.4 Å². The quantitative estimate of drug-likeness (QED) is 0.563. The number of methoxy groups -OCH3 is 1. The topological polar surface area (TPSA) is 67.8 Å². The van der Waals surface area contributed by atoms with Crippen LogP contribution in [0.4, 0.5) is 0 Å². The highest BCUT2D eigenvalue weighted by molar-refractivity contribution is 5.80. The zero-order chi connectivity index (χ0) is 15.5. The van der Waals surface area contributed by atoms with Gasteiger partial charge in [-0.2, -0.15) is 0 Å². The lowest BCUT2D eigenvalue weighted by molar-refractivity contribution is 0.179. The van der Waals surface area contributed by atoms with E-state index < -0.39 is 0 Å². The van der Waals surface area contributed by atoms with Gasteiger partial charge in [0.25, 0.3) is 0 Å². The first-order valence-corrected chi connectivity index (χ1v) is 7.31. The number of nitrogens with one attached hydrogen (secondary N) is 2. The van der Waals surface area contributed by atoms with Crippen LogP contribution in [0, 0.1) is 0 Å². The molecule has 1 unspecified atom stereocenters. The third-order valence-electron chi connectivity index (χ3n) is 2.66. The zero-order valence-corrected chi connectivity index (χ0v) is 13.3. The number of aromatic nitrogens is 1. The Bertz CT molecular complexity index is 437. The number of aliphatic imine (C=N–C) groups is 1. The number of guanidine groups is 1. The average Bonchev–Trinajstić information content (AvgIpc) is 2.46. The van der Waals surface area contributed by atoms with E-state index in [0.717, 1.165) is 18.1 Å². The van der Waals surface area contributed by atoms with Crippen LogP contribution in [-0.2, 0) is 11.3 Å². The maximum Gasteiger partial charge on any atom is 0.213 e. The van der Waals surface area contributed by atoms with Crippen LogP contribution >= 0.6 is 0 Å². The second kappa shape index (κ2) is 9.99. The molecule has 1 atom stereocenters. The van der Waals surface area contributed by atoms with Gasteiger partial charge in [-0.15, -0.1) is 0 Å². The summed E-state index contributed by atoms with van der Waals surface area (Å²) in [6.07, 6.45) is 1.74. The fourth-order valence-corrected chi connectivity index (χ4v) is 1.79. The van der Waals surface area contributed by atoms with Crippen molar-refractivity contribution in [3.8, 4) is 5.88 Å². The predicted molar refractivity (Wildman–Crippen MR) is 84.7 cm³/mol. The third-order valence-corrected chi connectivity index (χ3v) is 2.66. The second-order valence-electron chi connectivity index (χ2n) is 4.63. The summed E-state index contributed by atoms with van der Waals surface area (Å²) in [6.45, 7) is 8.65. The third kappa shape index (κ3) is 6.94. The first-order chi connectivity index (χ1) is 10.2. The number of nitrogens with zero attached hydrogens (tertiary/aromatic N) is 2. The molecule has 0 aliphatic carbocycles. The molecule has 0 fully saturated rings. The van der Waals surface area contributed by atoms with Gasteiger partial charge < -0.3 is 20.1 Å². The van der Waals surface area contributed by atoms with Gasteiger partial charge in [0.2, 0.25) is 5.88 Å². The van der Waals surface area contributed by atoms with E-state index in [0.29, 0.717) is 25.6 Å². The Morgan fingerprint density at radius 1 is 1.43 bits per heavy atom. The Morgan fingerprint density at radius 2 is 2.24 bits per heavy atom. The normalized spacial score (nSPS) is 12.9. The highest BCUT2D eigenvalue weighted by Crippen LogP contribution is 2.10. The molecule has 6 heteroatoms. The summed E-state index contributed by atoms with van der Waals surface area (Å²) >= 11 is 0. The summed E-state index contributed by atoms with van der Waals surface area (Å²) in [4.78, 5) is 8.71. The molecule has 0 amide bonds. The maximum atomic E-state index is 5.39. The van der Waals surface area contributed by atoms with Crippen LogP contribution in [0.3, 0.4) is 0 Å². The highest BCUT2D eigenvalue weighted by atomic mass is 16.5. The van der Waals surface area contributed by atoms with Gasteiger partial charge in [0.15, 0.2) is 5.96 Å². The smallest absolute Gasteiger partial charge is 0.213 e. The van der Waals surface area contributed by atoms with Crippen LogP contribution in [-0.4, -0.2) is 43.9 Å². The number of ether oxygens (including phenoxy) is 2. The molecule has 2 N–H and O–H groups in total. The van der Waals surface area contributed by atoms with E-state index in [9.17, 15) is 0 Å². The number of rotatable bonds is 8. The van der Waals surface area contributed by atoms with Gasteiger partial charge in [-0.05, 0) is 32.4 Å². The highest BCUT2D eigenvalue weighted by Gasteiger charge is 2.04. The molecule has 0 aromatic carbocycles. The molecule has 0 saturated heterocycles. The zero-order valence-electron chi connectivity index (χ0n) is 13.3. The number of hydrogen-bond acceptors (Lipinski definition) is 4. The molecule has 0 bridgehead atoms. The summed E-state index contributed by atoms with van der Waals surface area (Å²) < 4.78 is 10.5. The van der Waals surface area contributed by atoms with E-state index in [4.69, 9.17) is 9.47 Å². The minimum atomic E-state index is 0.198. The van der Waals surface area contributed by atoms with E-state index in [2.05, 4.69) is 27.5 Å². The Morgan fingerprint density at radius 3 is 2.90 bits per heavy atom. The molecule has 1 rings (SSSR count). The summed E-state index contributed by atoms with van der Waals surface area (Å²) in [5, 5.41) is 6.51. The molecule has 1 aromatic rings. The van der Waals surface area contributed by atoms with Crippen LogP contribution in [0.15, 0.2) is 23.3 Å². The lowest BCUT2D eigenvalue weighted by Crippen LogP contribution is -2.43. The molecular formula is C15H26N4O2. The van der Waals surface area contributed by atoms with Gasteiger partial charge in [-0.3, -0.25) is 0 Å². The first kappa shape index (κ1) is 17.2. The first-order valence-electron chi connectivity index (χ1n) is 7.31.